The summed E-state index contributed by atoms with van der Waals surface area (Å²) >= 11 is 6.12. The Bertz CT molecular complexity index is 599. The second kappa shape index (κ2) is 5.18. The maximum Gasteiger partial charge on any atom is 0.325 e. The van der Waals surface area contributed by atoms with Gasteiger partial charge in [0.25, 0.3) is 5.91 Å². The van der Waals surface area contributed by atoms with E-state index in [0.717, 1.165) is 12.8 Å². The van der Waals surface area contributed by atoms with Crippen LogP contribution in [0.5, 0.6) is 0 Å². The van der Waals surface area contributed by atoms with Crippen LogP contribution in [0.4, 0.5) is 10.6 Å². The standard InChI is InChI=1S/C14H17ClN4O2/c1-16-11-5-4-9(15)10(17-11)8-19-12(20)14(18-13(19)21)6-2-3-7-14/h4-5H,2-3,6-8H2,1H3,(H,16,17)(H,18,21). The van der Waals surface area contributed by atoms with Crippen LogP contribution in [-0.4, -0.2) is 34.4 Å². The molecule has 0 bridgehead atoms. The number of urea groups is 1. The molecular weight excluding hydrogens is 292 g/mol. The van der Waals surface area contributed by atoms with Gasteiger partial charge in [0, 0.05) is 7.05 Å². The van der Waals surface area contributed by atoms with E-state index < -0.39 is 5.54 Å². The van der Waals surface area contributed by atoms with Gasteiger partial charge in [-0.15, -0.1) is 0 Å². The largest absolute Gasteiger partial charge is 0.373 e. The van der Waals surface area contributed by atoms with Crippen molar-refractivity contribution in [3.8, 4) is 0 Å². The van der Waals surface area contributed by atoms with Crippen LogP contribution in [0.25, 0.3) is 0 Å². The van der Waals surface area contributed by atoms with E-state index in [-0.39, 0.29) is 18.5 Å². The molecule has 0 aromatic carbocycles. The molecule has 1 aliphatic heterocycles. The van der Waals surface area contributed by atoms with Gasteiger partial charge in [-0.05, 0) is 25.0 Å². The molecule has 6 nitrogen and oxygen atoms in total. The van der Waals surface area contributed by atoms with Crippen molar-refractivity contribution >= 4 is 29.4 Å². The third-order valence-corrected chi connectivity index (χ3v) is 4.53. The number of nitrogens with one attached hydrogen (secondary N) is 2. The normalized spacial score (nSPS) is 20.2. The van der Waals surface area contributed by atoms with Crippen molar-refractivity contribution in [1.82, 2.24) is 15.2 Å². The number of nitrogens with zero attached hydrogens (tertiary/aromatic N) is 2. The summed E-state index contributed by atoms with van der Waals surface area (Å²) in [5, 5.41) is 6.21. The summed E-state index contributed by atoms with van der Waals surface area (Å²) in [6.07, 6.45) is 3.36. The maximum absolute atomic E-state index is 12.6. The van der Waals surface area contributed by atoms with Gasteiger partial charge in [0.05, 0.1) is 17.3 Å². The van der Waals surface area contributed by atoms with Gasteiger partial charge in [-0.2, -0.15) is 0 Å². The Kier molecular flexibility index (Phi) is 3.49. The zero-order valence-corrected chi connectivity index (χ0v) is 12.5. The fraction of sp³-hybridized carbons (Fsp3) is 0.500. The summed E-state index contributed by atoms with van der Waals surface area (Å²) in [4.78, 5) is 30.2. The summed E-state index contributed by atoms with van der Waals surface area (Å²) in [6, 6.07) is 3.10. The van der Waals surface area contributed by atoms with Crippen LogP contribution in [0, 0.1) is 0 Å². The number of imide groups is 1. The molecular formula is C14H17ClN4O2. The van der Waals surface area contributed by atoms with Crippen LogP contribution >= 0.6 is 11.6 Å². The molecule has 1 aromatic heterocycles. The van der Waals surface area contributed by atoms with Crippen molar-refractivity contribution in [3.63, 3.8) is 0 Å². The highest BCUT2D eigenvalue weighted by Crippen LogP contribution is 2.35. The van der Waals surface area contributed by atoms with Crippen LogP contribution in [-0.2, 0) is 11.3 Å². The van der Waals surface area contributed by atoms with Gasteiger partial charge in [-0.3, -0.25) is 9.69 Å². The third kappa shape index (κ3) is 2.33. The van der Waals surface area contributed by atoms with E-state index in [1.165, 1.54) is 4.90 Å². The Morgan fingerprint density at radius 1 is 1.38 bits per heavy atom. The highest BCUT2D eigenvalue weighted by Gasteiger charge is 2.52. The lowest BCUT2D eigenvalue weighted by Gasteiger charge is -2.20. The van der Waals surface area contributed by atoms with Crippen molar-refractivity contribution in [1.29, 1.82) is 0 Å². The topological polar surface area (TPSA) is 74.3 Å². The molecule has 2 heterocycles. The average molecular weight is 309 g/mol. The number of carbonyl (C=O) groups is 2. The molecule has 3 rings (SSSR count). The zero-order chi connectivity index (χ0) is 15.0. The number of amides is 3. The first-order chi connectivity index (χ1) is 10.1. The first-order valence-electron chi connectivity index (χ1n) is 7.03. The SMILES string of the molecule is CNc1ccc(Cl)c(CN2C(=O)NC3(CCCC3)C2=O)n1. The highest BCUT2D eigenvalue weighted by molar-refractivity contribution is 6.31. The Labute approximate surface area is 127 Å². The van der Waals surface area contributed by atoms with E-state index >= 15 is 0 Å². The minimum absolute atomic E-state index is 0.0980. The molecule has 2 aliphatic rings. The zero-order valence-electron chi connectivity index (χ0n) is 11.8. The fourth-order valence-corrected chi connectivity index (χ4v) is 3.19. The third-order valence-electron chi connectivity index (χ3n) is 4.19. The van der Waals surface area contributed by atoms with Crippen molar-refractivity contribution in [2.24, 2.45) is 0 Å². The van der Waals surface area contributed by atoms with Crippen LogP contribution in [0.1, 0.15) is 31.4 Å². The summed E-state index contributed by atoms with van der Waals surface area (Å²) in [5.74, 6) is 0.495. The fourth-order valence-electron chi connectivity index (χ4n) is 3.02. The molecule has 0 unspecified atom stereocenters. The predicted octanol–water partition coefficient (Wildman–Crippen LogP) is 2.14. The molecule has 1 saturated carbocycles. The molecule has 1 aliphatic carbocycles. The van der Waals surface area contributed by atoms with E-state index in [1.807, 2.05) is 0 Å². The quantitative estimate of drug-likeness (QED) is 0.839. The molecule has 1 saturated heterocycles. The molecule has 1 spiro atoms. The molecule has 7 heteroatoms. The van der Waals surface area contributed by atoms with E-state index in [9.17, 15) is 9.59 Å². The summed E-state index contributed by atoms with van der Waals surface area (Å²) in [7, 11) is 1.75. The number of hydrogen-bond acceptors (Lipinski definition) is 4. The summed E-state index contributed by atoms with van der Waals surface area (Å²) in [5.41, 5.74) is -0.175. The second-order valence-electron chi connectivity index (χ2n) is 5.49. The van der Waals surface area contributed by atoms with Crippen LogP contribution in [0.3, 0.4) is 0 Å². The Balaban J connectivity index is 1.85. The summed E-state index contributed by atoms with van der Waals surface area (Å²) < 4.78 is 0. The van der Waals surface area contributed by atoms with Gasteiger partial charge in [-0.1, -0.05) is 24.4 Å². The lowest BCUT2D eigenvalue weighted by atomic mass is 9.98. The molecule has 0 radical (unpaired) electrons. The van der Waals surface area contributed by atoms with E-state index in [2.05, 4.69) is 15.6 Å². The lowest BCUT2D eigenvalue weighted by Crippen LogP contribution is -2.44. The Hall–Kier alpha value is -1.82. The molecule has 0 atom stereocenters. The number of aromatic nitrogens is 1. The predicted molar refractivity (Wildman–Crippen MR) is 79.1 cm³/mol. The van der Waals surface area contributed by atoms with Crippen LogP contribution in [0.2, 0.25) is 5.02 Å². The number of rotatable bonds is 3. The first-order valence-corrected chi connectivity index (χ1v) is 7.41. The average Bonchev–Trinajstić information content (AvgIpc) is 3.02. The van der Waals surface area contributed by atoms with Gasteiger partial charge in [0.15, 0.2) is 0 Å². The van der Waals surface area contributed by atoms with Crippen molar-refractivity contribution < 1.29 is 9.59 Å². The van der Waals surface area contributed by atoms with Gasteiger partial charge in [0.2, 0.25) is 0 Å². The van der Waals surface area contributed by atoms with Crippen molar-refractivity contribution in [2.75, 3.05) is 12.4 Å². The number of carbonyl (C=O) groups excluding carboxylic acids is 2. The molecule has 2 fully saturated rings. The number of pyridine rings is 1. The van der Waals surface area contributed by atoms with E-state index in [1.54, 1.807) is 19.2 Å². The molecule has 21 heavy (non-hydrogen) atoms. The highest BCUT2D eigenvalue weighted by atomic mass is 35.5. The van der Waals surface area contributed by atoms with Gasteiger partial charge >= 0.3 is 6.03 Å². The Morgan fingerprint density at radius 2 is 2.10 bits per heavy atom. The summed E-state index contributed by atoms with van der Waals surface area (Å²) in [6.45, 7) is 0.0980. The number of halogens is 1. The number of anilines is 1. The molecule has 112 valence electrons. The first kappa shape index (κ1) is 14.1. The van der Waals surface area contributed by atoms with Crippen molar-refractivity contribution in [2.45, 2.75) is 37.8 Å². The molecule has 3 amide bonds. The monoisotopic (exact) mass is 308 g/mol. The van der Waals surface area contributed by atoms with Crippen molar-refractivity contribution in [3.05, 3.63) is 22.8 Å². The maximum atomic E-state index is 12.6. The second-order valence-corrected chi connectivity index (χ2v) is 5.89. The van der Waals surface area contributed by atoms with Crippen LogP contribution in [0.15, 0.2) is 12.1 Å². The molecule has 1 aromatic rings. The Morgan fingerprint density at radius 3 is 2.76 bits per heavy atom. The van der Waals surface area contributed by atoms with E-state index in [0.29, 0.717) is 29.4 Å². The lowest BCUT2D eigenvalue weighted by molar-refractivity contribution is -0.131. The minimum atomic E-state index is -0.690. The van der Waals surface area contributed by atoms with Gasteiger partial charge < -0.3 is 10.6 Å². The number of hydrogen-bond donors (Lipinski definition) is 2. The van der Waals surface area contributed by atoms with E-state index in [4.69, 9.17) is 11.6 Å². The van der Waals surface area contributed by atoms with Gasteiger partial charge in [-0.25, -0.2) is 9.78 Å². The smallest absolute Gasteiger partial charge is 0.325 e. The van der Waals surface area contributed by atoms with Gasteiger partial charge in [0.1, 0.15) is 11.4 Å². The minimum Gasteiger partial charge on any atom is -0.373 e. The molecule has 2 N–H and O–H groups in total. The van der Waals surface area contributed by atoms with Crippen LogP contribution < -0.4 is 10.6 Å².